The number of ether oxygens (including phenoxy) is 1. The summed E-state index contributed by atoms with van der Waals surface area (Å²) in [7, 11) is 0. The second-order valence-electron chi connectivity index (χ2n) is 2.95. The van der Waals surface area contributed by atoms with Gasteiger partial charge < -0.3 is 4.74 Å². The molecule has 0 aromatic heterocycles. The maximum Gasteiger partial charge on any atom is 0.322 e. The molecule has 0 aliphatic carbocycles. The number of rotatable bonds is 4. The zero-order valence-electron chi connectivity index (χ0n) is 7.82. The fourth-order valence-electron chi connectivity index (χ4n) is 0.510. The first kappa shape index (κ1) is 12.3. The Balaban J connectivity index is 4.25. The van der Waals surface area contributed by atoms with Crippen molar-refractivity contribution >= 4 is 21.9 Å². The van der Waals surface area contributed by atoms with Crippen LogP contribution in [-0.2, 0) is 9.53 Å². The number of esters is 1. The molecule has 13 heavy (non-hydrogen) atoms. The Hall–Kier alpha value is -0.740. The Morgan fingerprint density at radius 1 is 1.77 bits per heavy atom. The van der Waals surface area contributed by atoms with Crippen LogP contribution in [0.15, 0.2) is 5.11 Å². The van der Waals surface area contributed by atoms with Crippen LogP contribution in [-0.4, -0.2) is 16.5 Å². The van der Waals surface area contributed by atoms with Gasteiger partial charge in [-0.05, 0) is 30.9 Å². The molecule has 5 nitrogen and oxygen atoms in total. The van der Waals surface area contributed by atoms with Gasteiger partial charge in [-0.15, -0.1) is 0 Å². The summed E-state index contributed by atoms with van der Waals surface area (Å²) in [4.78, 5) is 13.8. The van der Waals surface area contributed by atoms with Crippen LogP contribution in [0.1, 0.15) is 27.2 Å². The monoisotopic (exact) mass is 249 g/mol. The molecule has 0 bridgehead atoms. The van der Waals surface area contributed by atoms with E-state index in [9.17, 15) is 4.79 Å². The predicted molar refractivity (Wildman–Crippen MR) is 52.3 cm³/mol. The SMILES string of the molecule is CCC(N=[N+]=[N-])OC(=O)C(C)(C)Br. The smallest absolute Gasteiger partial charge is 0.322 e. The van der Waals surface area contributed by atoms with Crippen molar-refractivity contribution in [2.24, 2.45) is 5.11 Å². The maximum atomic E-state index is 11.3. The molecule has 0 aromatic rings. The molecule has 0 fully saturated rings. The number of halogens is 1. The number of azide groups is 1. The van der Waals surface area contributed by atoms with Crippen LogP contribution in [0.2, 0.25) is 0 Å². The molecule has 0 spiro atoms. The molecule has 0 radical (unpaired) electrons. The highest BCUT2D eigenvalue weighted by molar-refractivity contribution is 9.10. The average molecular weight is 250 g/mol. The molecule has 1 atom stereocenters. The zero-order valence-corrected chi connectivity index (χ0v) is 9.41. The van der Waals surface area contributed by atoms with E-state index in [0.717, 1.165) is 0 Å². The van der Waals surface area contributed by atoms with E-state index < -0.39 is 16.5 Å². The second-order valence-corrected chi connectivity index (χ2v) is 4.93. The molecular weight excluding hydrogens is 238 g/mol. The normalized spacial score (nSPS) is 12.9. The van der Waals surface area contributed by atoms with Crippen molar-refractivity contribution in [3.8, 4) is 0 Å². The minimum Gasteiger partial charge on any atom is -0.455 e. The van der Waals surface area contributed by atoms with E-state index in [-0.39, 0.29) is 0 Å². The van der Waals surface area contributed by atoms with Gasteiger partial charge in [-0.3, -0.25) is 4.79 Å². The Morgan fingerprint density at radius 2 is 2.31 bits per heavy atom. The lowest BCUT2D eigenvalue weighted by atomic mass is 10.2. The third kappa shape index (κ3) is 4.75. The molecule has 74 valence electrons. The van der Waals surface area contributed by atoms with Crippen molar-refractivity contribution in [1.29, 1.82) is 0 Å². The molecular formula is C7H12BrN3O2. The largest absolute Gasteiger partial charge is 0.455 e. The first-order valence-corrected chi connectivity index (χ1v) is 4.65. The minimum atomic E-state index is -0.745. The topological polar surface area (TPSA) is 75.1 Å². The van der Waals surface area contributed by atoms with Crippen LogP contribution >= 0.6 is 15.9 Å². The van der Waals surface area contributed by atoms with Gasteiger partial charge in [0, 0.05) is 4.91 Å². The summed E-state index contributed by atoms with van der Waals surface area (Å²) in [5.41, 5.74) is 8.14. The molecule has 0 aliphatic rings. The summed E-state index contributed by atoms with van der Waals surface area (Å²) >= 11 is 3.14. The first-order valence-electron chi connectivity index (χ1n) is 3.86. The first-order chi connectivity index (χ1) is 5.91. The quantitative estimate of drug-likeness (QED) is 0.253. The van der Waals surface area contributed by atoms with E-state index in [1.807, 2.05) is 0 Å². The molecule has 0 amide bonds. The van der Waals surface area contributed by atoms with Crippen molar-refractivity contribution in [1.82, 2.24) is 0 Å². The number of hydrogen-bond donors (Lipinski definition) is 0. The van der Waals surface area contributed by atoms with Gasteiger partial charge in [0.25, 0.3) is 0 Å². The highest BCUT2D eigenvalue weighted by Gasteiger charge is 2.27. The van der Waals surface area contributed by atoms with Crippen molar-refractivity contribution in [2.45, 2.75) is 37.7 Å². The fraction of sp³-hybridized carbons (Fsp3) is 0.857. The summed E-state index contributed by atoms with van der Waals surface area (Å²) in [6.45, 7) is 5.10. The molecule has 1 unspecified atom stereocenters. The van der Waals surface area contributed by atoms with Crippen LogP contribution in [0, 0.1) is 0 Å². The van der Waals surface area contributed by atoms with Crippen molar-refractivity contribution in [3.05, 3.63) is 10.4 Å². The molecule has 0 heterocycles. The number of carbonyl (C=O) groups excluding carboxylic acids is 1. The lowest BCUT2D eigenvalue weighted by Gasteiger charge is -2.17. The van der Waals surface area contributed by atoms with E-state index in [0.29, 0.717) is 6.42 Å². The van der Waals surface area contributed by atoms with E-state index in [4.69, 9.17) is 10.3 Å². The number of hydrogen-bond acceptors (Lipinski definition) is 3. The van der Waals surface area contributed by atoms with E-state index in [2.05, 4.69) is 26.0 Å². The van der Waals surface area contributed by atoms with Gasteiger partial charge in [0.05, 0.1) is 0 Å². The Bertz CT molecular complexity index is 230. The second kappa shape index (κ2) is 5.09. The van der Waals surface area contributed by atoms with Gasteiger partial charge in [0.15, 0.2) is 6.23 Å². The molecule has 0 aromatic carbocycles. The lowest BCUT2D eigenvalue weighted by Crippen LogP contribution is -2.29. The van der Waals surface area contributed by atoms with Crippen molar-refractivity contribution in [2.75, 3.05) is 0 Å². The van der Waals surface area contributed by atoms with Gasteiger partial charge >= 0.3 is 5.97 Å². The Kier molecular flexibility index (Phi) is 4.80. The standard InChI is InChI=1S/C7H12BrN3O2/c1-4-5(10-11-9)13-6(12)7(2,3)8/h5H,4H2,1-3H3. The summed E-state index contributed by atoms with van der Waals surface area (Å²) in [5, 5.41) is 3.31. The van der Waals surface area contributed by atoms with Crippen molar-refractivity contribution < 1.29 is 9.53 Å². The van der Waals surface area contributed by atoms with Crippen LogP contribution in [0.5, 0.6) is 0 Å². The van der Waals surface area contributed by atoms with Gasteiger partial charge in [-0.25, -0.2) is 0 Å². The van der Waals surface area contributed by atoms with Crippen molar-refractivity contribution in [3.63, 3.8) is 0 Å². The van der Waals surface area contributed by atoms with Crippen LogP contribution < -0.4 is 0 Å². The molecule has 0 saturated carbocycles. The molecule has 0 N–H and O–H groups in total. The molecule has 0 saturated heterocycles. The van der Waals surface area contributed by atoms with Gasteiger partial charge in [-0.2, -0.15) is 0 Å². The van der Waals surface area contributed by atoms with E-state index in [1.54, 1.807) is 20.8 Å². The zero-order chi connectivity index (χ0) is 10.5. The minimum absolute atomic E-state index is 0.438. The van der Waals surface area contributed by atoms with Gasteiger partial charge in [0.2, 0.25) is 0 Å². The fourth-order valence-corrected chi connectivity index (χ4v) is 0.603. The van der Waals surface area contributed by atoms with Crippen LogP contribution in [0.3, 0.4) is 0 Å². The highest BCUT2D eigenvalue weighted by Crippen LogP contribution is 2.19. The van der Waals surface area contributed by atoms with Crippen LogP contribution in [0.25, 0.3) is 10.4 Å². The summed E-state index contributed by atoms with van der Waals surface area (Å²) < 4.78 is 4.15. The summed E-state index contributed by atoms with van der Waals surface area (Å²) in [6, 6.07) is 0. The number of carbonyl (C=O) groups is 1. The summed E-state index contributed by atoms with van der Waals surface area (Å²) in [6.07, 6.45) is -0.242. The van der Waals surface area contributed by atoms with Gasteiger partial charge in [0.1, 0.15) is 4.32 Å². The van der Waals surface area contributed by atoms with E-state index >= 15 is 0 Å². The maximum absolute atomic E-state index is 11.3. The van der Waals surface area contributed by atoms with Gasteiger partial charge in [-0.1, -0.05) is 22.9 Å². The molecule has 0 rings (SSSR count). The third-order valence-electron chi connectivity index (χ3n) is 1.26. The predicted octanol–water partition coefficient (Wildman–Crippen LogP) is 2.75. The van der Waals surface area contributed by atoms with E-state index in [1.165, 1.54) is 0 Å². The highest BCUT2D eigenvalue weighted by atomic mass is 79.9. The summed E-state index contributed by atoms with van der Waals surface area (Å²) in [5.74, 6) is -0.438. The average Bonchev–Trinajstić information content (AvgIpc) is 2.01. The molecule has 0 aliphatic heterocycles. The number of alkyl halides is 1. The number of nitrogens with zero attached hydrogens (tertiary/aromatic N) is 3. The van der Waals surface area contributed by atoms with Crippen LogP contribution in [0.4, 0.5) is 0 Å². The Labute approximate surface area is 85.2 Å². The lowest BCUT2D eigenvalue weighted by molar-refractivity contribution is -0.150. The molecule has 6 heteroatoms. The Morgan fingerprint density at radius 3 is 2.62 bits per heavy atom. The third-order valence-corrected chi connectivity index (χ3v) is 1.58.